The third kappa shape index (κ3) is 1.07. The summed E-state index contributed by atoms with van der Waals surface area (Å²) in [4.78, 5) is 5.48. The Bertz CT molecular complexity index is 63.0. The van der Waals surface area contributed by atoms with Crippen LogP contribution in [0.2, 0.25) is 0 Å². The second kappa shape index (κ2) is 2.00. The van der Waals surface area contributed by atoms with E-state index < -0.39 is 0 Å². The molecule has 0 spiro atoms. The molecular weight excluding hydrogens is 186 g/mol. The molecule has 1 rings (SSSR count). The van der Waals surface area contributed by atoms with E-state index in [1.807, 2.05) is 0 Å². The van der Waals surface area contributed by atoms with Gasteiger partial charge in [0, 0.05) is 0 Å². The summed E-state index contributed by atoms with van der Waals surface area (Å²) in [7, 11) is 0. The molecule has 5 heavy (non-hydrogen) atoms. The fraction of sp³-hybridized carbons (Fsp3) is 0. The van der Waals surface area contributed by atoms with Crippen molar-refractivity contribution in [2.75, 3.05) is 0 Å². The fourth-order valence-electron chi connectivity index (χ4n) is 0.186. The first kappa shape index (κ1) is 3.90. The molecule has 1 radical (unpaired) electrons. The SMILES string of the molecule is [C]1=[As][AsH]C=C1. The maximum absolute atomic E-state index is 3.19. The van der Waals surface area contributed by atoms with Crippen molar-refractivity contribution >= 4 is 31.7 Å². The Kier molecular flexibility index (Phi) is 1.56. The Hall–Kier alpha value is 0.727. The van der Waals surface area contributed by atoms with Gasteiger partial charge in [-0.3, -0.25) is 0 Å². The Morgan fingerprint density at radius 3 is 3.00 bits per heavy atom. The summed E-state index contributed by atoms with van der Waals surface area (Å²) in [6.07, 6.45) is 2.08. The molecule has 25 valence electrons. The van der Waals surface area contributed by atoms with Gasteiger partial charge < -0.3 is 0 Å². The first-order valence-corrected chi connectivity index (χ1v) is 9.32. The summed E-state index contributed by atoms with van der Waals surface area (Å²) in [6.45, 7) is 0. The first-order valence-electron chi connectivity index (χ1n) is 1.36. The van der Waals surface area contributed by atoms with Gasteiger partial charge in [0.25, 0.3) is 0 Å². The normalized spacial score (nSPS) is 25.6. The summed E-state index contributed by atoms with van der Waals surface area (Å²) in [5, 5.41) is 0. The molecule has 1 unspecified atom stereocenters. The van der Waals surface area contributed by atoms with Crippen molar-refractivity contribution in [3.8, 4) is 0 Å². The minimum atomic E-state index is 0.441. The third-order valence-electron chi connectivity index (χ3n) is 0.362. The zero-order valence-electron chi connectivity index (χ0n) is 2.60. The number of hydrogen-bond acceptors (Lipinski definition) is 0. The molecule has 0 N–H and O–H groups in total. The summed E-state index contributed by atoms with van der Waals surface area (Å²) in [6, 6.07) is 0. The third-order valence-corrected chi connectivity index (χ3v) is 6.32. The monoisotopic (exact) mass is 189 g/mol. The second-order valence-electron chi connectivity index (χ2n) is 0.703. The molecule has 0 aromatic carbocycles. The van der Waals surface area contributed by atoms with E-state index in [0.717, 1.165) is 0 Å². The number of rotatable bonds is 0. The second-order valence-corrected chi connectivity index (χ2v) is 8.21. The van der Waals surface area contributed by atoms with Crippen LogP contribution >= 0.6 is 0 Å². The van der Waals surface area contributed by atoms with E-state index in [2.05, 4.69) is 15.7 Å². The minimum absolute atomic E-state index is 0.441. The van der Waals surface area contributed by atoms with E-state index in [1.165, 1.54) is 0 Å². The van der Waals surface area contributed by atoms with Gasteiger partial charge in [-0.25, -0.2) is 0 Å². The number of hydrogen-bond donors (Lipinski definition) is 0. The van der Waals surface area contributed by atoms with Crippen LogP contribution in [0.15, 0.2) is 10.9 Å². The van der Waals surface area contributed by atoms with Gasteiger partial charge in [0.2, 0.25) is 0 Å². The van der Waals surface area contributed by atoms with Gasteiger partial charge in [-0.15, -0.1) is 0 Å². The van der Waals surface area contributed by atoms with Crippen molar-refractivity contribution in [1.82, 2.24) is 0 Å². The van der Waals surface area contributed by atoms with E-state index in [9.17, 15) is 0 Å². The van der Waals surface area contributed by atoms with Crippen molar-refractivity contribution < 1.29 is 0 Å². The predicted molar refractivity (Wildman–Crippen MR) is 27.0 cm³/mol. The van der Waals surface area contributed by atoms with Crippen molar-refractivity contribution in [3.63, 3.8) is 0 Å². The number of allylic oxidation sites excluding steroid dienone is 1. The quantitative estimate of drug-likeness (QED) is 0.439. The molecule has 0 aliphatic carbocycles. The van der Waals surface area contributed by atoms with Gasteiger partial charge in [-0.05, 0) is 0 Å². The summed E-state index contributed by atoms with van der Waals surface area (Å²) >= 11 is 1.06. The molecule has 1 heterocycles. The van der Waals surface area contributed by atoms with Crippen LogP contribution in [-0.2, 0) is 0 Å². The van der Waals surface area contributed by atoms with E-state index in [1.54, 1.807) is 0 Å². The molecule has 0 bridgehead atoms. The van der Waals surface area contributed by atoms with E-state index in [0.29, 0.717) is 26.9 Å². The maximum atomic E-state index is 3.19. The van der Waals surface area contributed by atoms with Crippen LogP contribution in [-0.4, -0.2) is 31.7 Å². The summed E-state index contributed by atoms with van der Waals surface area (Å²) < 4.78 is 0. The van der Waals surface area contributed by atoms with Gasteiger partial charge >= 0.3 is 42.7 Å². The average Bonchev–Trinajstić information content (AvgIpc) is 1.76. The van der Waals surface area contributed by atoms with Crippen LogP contribution in [0.25, 0.3) is 0 Å². The molecule has 0 fully saturated rings. The van der Waals surface area contributed by atoms with E-state index in [4.69, 9.17) is 0 Å². The molecule has 0 saturated heterocycles. The predicted octanol–water partition coefficient (Wildman–Crippen LogP) is -0.751. The first-order chi connectivity index (χ1) is 2.50. The molecule has 0 amide bonds. The Labute approximate surface area is 42.8 Å². The van der Waals surface area contributed by atoms with Crippen molar-refractivity contribution in [1.29, 1.82) is 0 Å². The molecule has 0 aromatic rings. The Morgan fingerprint density at radius 2 is 2.80 bits per heavy atom. The van der Waals surface area contributed by atoms with Crippen LogP contribution in [0.4, 0.5) is 0 Å². The average molecular weight is 189 g/mol. The molecule has 0 aromatic heterocycles. The zero-order valence-corrected chi connectivity index (χ0v) is 6.58. The van der Waals surface area contributed by atoms with Crippen LogP contribution in [0, 0.1) is 0 Å². The molecule has 0 nitrogen and oxygen atoms in total. The van der Waals surface area contributed by atoms with Crippen molar-refractivity contribution in [3.05, 3.63) is 10.9 Å². The Balaban J connectivity index is 2.61. The van der Waals surface area contributed by atoms with Crippen molar-refractivity contribution in [2.24, 2.45) is 0 Å². The van der Waals surface area contributed by atoms with Crippen LogP contribution in [0.1, 0.15) is 0 Å². The van der Waals surface area contributed by atoms with Crippen LogP contribution in [0.3, 0.4) is 0 Å². The topological polar surface area (TPSA) is 0 Å². The van der Waals surface area contributed by atoms with E-state index in [-0.39, 0.29) is 0 Å². The van der Waals surface area contributed by atoms with Gasteiger partial charge in [0.15, 0.2) is 0 Å². The van der Waals surface area contributed by atoms with Crippen LogP contribution < -0.4 is 0 Å². The molecule has 1 atom stereocenters. The van der Waals surface area contributed by atoms with Gasteiger partial charge in [-0.2, -0.15) is 0 Å². The molecule has 1 aliphatic heterocycles. The summed E-state index contributed by atoms with van der Waals surface area (Å²) in [5.74, 6) is 0. The molecular formula is C3H3As2. The van der Waals surface area contributed by atoms with Gasteiger partial charge in [0.05, 0.1) is 0 Å². The van der Waals surface area contributed by atoms with Crippen LogP contribution in [0.5, 0.6) is 0 Å². The zero-order chi connectivity index (χ0) is 3.54. The molecule has 0 saturated carbocycles. The van der Waals surface area contributed by atoms with Gasteiger partial charge in [-0.1, -0.05) is 0 Å². The van der Waals surface area contributed by atoms with Crippen molar-refractivity contribution in [2.45, 2.75) is 0 Å². The van der Waals surface area contributed by atoms with E-state index >= 15 is 0 Å². The standard InChI is InChI=1S/C3H3As2/c1-2-4-5-3-1/h1-2,4H. The Morgan fingerprint density at radius 1 is 1.80 bits per heavy atom. The molecule has 2 heteroatoms. The van der Waals surface area contributed by atoms with Gasteiger partial charge in [0.1, 0.15) is 0 Å². The summed E-state index contributed by atoms with van der Waals surface area (Å²) in [5.41, 5.74) is 0. The fourth-order valence-corrected chi connectivity index (χ4v) is 5.03. The molecule has 1 aliphatic rings.